The van der Waals surface area contributed by atoms with Crippen LogP contribution in [0.4, 0.5) is 0 Å². The maximum Gasteiger partial charge on any atom is 0.326 e. The van der Waals surface area contributed by atoms with Crippen LogP contribution in [-0.2, 0) is 6.54 Å². The van der Waals surface area contributed by atoms with Crippen molar-refractivity contribution in [2.24, 2.45) is 5.92 Å². The first kappa shape index (κ1) is 10.6. The fraction of sp³-hybridized carbons (Fsp3) is 0.462. The van der Waals surface area contributed by atoms with Gasteiger partial charge in [-0.25, -0.2) is 4.79 Å². The quantitative estimate of drug-likeness (QED) is 0.817. The van der Waals surface area contributed by atoms with E-state index in [4.69, 9.17) is 0 Å². The highest BCUT2D eigenvalue weighted by Crippen LogP contribution is 2.18. The minimum absolute atomic E-state index is 0.0150. The van der Waals surface area contributed by atoms with Crippen LogP contribution in [0.1, 0.15) is 12.0 Å². The Morgan fingerprint density at radius 3 is 3.12 bits per heavy atom. The molecule has 1 aliphatic rings. The lowest BCUT2D eigenvalue weighted by atomic mass is 10.1. The highest BCUT2D eigenvalue weighted by Gasteiger charge is 2.18. The van der Waals surface area contributed by atoms with E-state index in [-0.39, 0.29) is 5.69 Å². The Morgan fingerprint density at radius 1 is 1.47 bits per heavy atom. The standard InChI is InChI=1S/C13H17N3O/c1-9-3-2-4-11-12(9)16(13(17)15-11)8-10-5-6-14-7-10/h2-4,10,14H,5-8H2,1H3,(H,15,17). The van der Waals surface area contributed by atoms with Crippen LogP contribution in [0.2, 0.25) is 0 Å². The van der Waals surface area contributed by atoms with Crippen molar-refractivity contribution in [2.45, 2.75) is 19.9 Å². The molecular formula is C13H17N3O. The normalized spacial score (nSPS) is 20.2. The molecule has 90 valence electrons. The lowest BCUT2D eigenvalue weighted by Crippen LogP contribution is -2.23. The topological polar surface area (TPSA) is 49.8 Å². The molecule has 1 aliphatic heterocycles. The second-order valence-electron chi connectivity index (χ2n) is 4.87. The van der Waals surface area contributed by atoms with E-state index in [0.29, 0.717) is 5.92 Å². The Bertz CT molecular complexity index is 590. The molecule has 4 nitrogen and oxygen atoms in total. The molecule has 3 rings (SSSR count). The molecule has 17 heavy (non-hydrogen) atoms. The fourth-order valence-corrected chi connectivity index (χ4v) is 2.71. The summed E-state index contributed by atoms with van der Waals surface area (Å²) in [5.41, 5.74) is 3.18. The molecule has 1 unspecified atom stereocenters. The van der Waals surface area contributed by atoms with Crippen molar-refractivity contribution in [3.8, 4) is 0 Å². The second-order valence-corrected chi connectivity index (χ2v) is 4.87. The second kappa shape index (κ2) is 4.04. The van der Waals surface area contributed by atoms with E-state index in [2.05, 4.69) is 23.3 Å². The zero-order valence-corrected chi connectivity index (χ0v) is 9.99. The zero-order valence-electron chi connectivity index (χ0n) is 9.99. The molecule has 4 heteroatoms. The van der Waals surface area contributed by atoms with Crippen LogP contribution in [0.5, 0.6) is 0 Å². The summed E-state index contributed by atoms with van der Waals surface area (Å²) in [7, 11) is 0. The van der Waals surface area contributed by atoms with Gasteiger partial charge in [0.05, 0.1) is 11.0 Å². The number of para-hydroxylation sites is 1. The maximum absolute atomic E-state index is 12.0. The van der Waals surface area contributed by atoms with Crippen LogP contribution >= 0.6 is 0 Å². The Morgan fingerprint density at radius 2 is 2.35 bits per heavy atom. The highest BCUT2D eigenvalue weighted by molar-refractivity contribution is 5.78. The maximum atomic E-state index is 12.0. The van der Waals surface area contributed by atoms with Crippen LogP contribution in [0.25, 0.3) is 11.0 Å². The van der Waals surface area contributed by atoms with Gasteiger partial charge >= 0.3 is 5.69 Å². The van der Waals surface area contributed by atoms with Crippen molar-refractivity contribution >= 4 is 11.0 Å². The van der Waals surface area contributed by atoms with E-state index in [1.165, 1.54) is 0 Å². The summed E-state index contributed by atoms with van der Waals surface area (Å²) < 4.78 is 1.89. The SMILES string of the molecule is Cc1cccc2[nH]c(=O)n(CC3CCNC3)c12. The van der Waals surface area contributed by atoms with Gasteiger partial charge in [-0.1, -0.05) is 12.1 Å². The summed E-state index contributed by atoms with van der Waals surface area (Å²) in [6.07, 6.45) is 1.16. The van der Waals surface area contributed by atoms with Crippen LogP contribution in [0, 0.1) is 12.8 Å². The van der Waals surface area contributed by atoms with Crippen molar-refractivity contribution in [3.63, 3.8) is 0 Å². The summed E-state index contributed by atoms with van der Waals surface area (Å²) in [5.74, 6) is 0.575. The molecule has 0 spiro atoms. The van der Waals surface area contributed by atoms with E-state index in [1.54, 1.807) is 0 Å². The minimum atomic E-state index is 0.0150. The number of rotatable bonds is 2. The first-order valence-electron chi connectivity index (χ1n) is 6.14. The number of aromatic amines is 1. The molecule has 1 saturated heterocycles. The van der Waals surface area contributed by atoms with Crippen LogP contribution in [0.3, 0.4) is 0 Å². The molecule has 2 heterocycles. The number of nitrogens with one attached hydrogen (secondary N) is 2. The van der Waals surface area contributed by atoms with Crippen molar-refractivity contribution in [1.29, 1.82) is 0 Å². The fourth-order valence-electron chi connectivity index (χ4n) is 2.71. The number of benzene rings is 1. The smallest absolute Gasteiger partial charge is 0.316 e. The van der Waals surface area contributed by atoms with Crippen LogP contribution < -0.4 is 11.0 Å². The number of hydrogen-bond donors (Lipinski definition) is 2. The van der Waals surface area contributed by atoms with E-state index >= 15 is 0 Å². The Kier molecular flexibility index (Phi) is 2.52. The van der Waals surface area contributed by atoms with Crippen molar-refractivity contribution in [2.75, 3.05) is 13.1 Å². The molecule has 1 fully saturated rings. The summed E-state index contributed by atoms with van der Waals surface area (Å²) in [4.78, 5) is 14.9. The van der Waals surface area contributed by atoms with Gasteiger partial charge in [-0.2, -0.15) is 0 Å². The average molecular weight is 231 g/mol. The third kappa shape index (κ3) is 1.78. The molecule has 0 radical (unpaired) electrons. The Hall–Kier alpha value is -1.55. The van der Waals surface area contributed by atoms with E-state index in [1.807, 2.05) is 16.7 Å². The lowest BCUT2D eigenvalue weighted by molar-refractivity contribution is 0.481. The molecule has 1 aromatic heterocycles. The van der Waals surface area contributed by atoms with Gasteiger partial charge in [-0.15, -0.1) is 0 Å². The summed E-state index contributed by atoms with van der Waals surface area (Å²) in [6.45, 7) is 4.96. The average Bonchev–Trinajstić information content (AvgIpc) is 2.89. The number of hydrogen-bond acceptors (Lipinski definition) is 2. The minimum Gasteiger partial charge on any atom is -0.316 e. The molecular weight excluding hydrogens is 214 g/mol. The molecule has 1 atom stereocenters. The molecule has 0 bridgehead atoms. The van der Waals surface area contributed by atoms with E-state index in [0.717, 1.165) is 42.7 Å². The monoisotopic (exact) mass is 231 g/mol. The number of aromatic nitrogens is 2. The highest BCUT2D eigenvalue weighted by atomic mass is 16.1. The van der Waals surface area contributed by atoms with Crippen LogP contribution in [0.15, 0.2) is 23.0 Å². The van der Waals surface area contributed by atoms with Gasteiger partial charge in [-0.3, -0.25) is 4.57 Å². The Labute approximate surface area is 99.6 Å². The summed E-state index contributed by atoms with van der Waals surface area (Å²) >= 11 is 0. The van der Waals surface area contributed by atoms with Gasteiger partial charge in [0.15, 0.2) is 0 Å². The molecule has 2 aromatic rings. The first-order chi connectivity index (χ1) is 8.25. The van der Waals surface area contributed by atoms with Crippen molar-refractivity contribution in [3.05, 3.63) is 34.2 Å². The summed E-state index contributed by atoms with van der Waals surface area (Å²) in [6, 6.07) is 6.00. The van der Waals surface area contributed by atoms with Crippen molar-refractivity contribution < 1.29 is 0 Å². The van der Waals surface area contributed by atoms with Crippen molar-refractivity contribution in [1.82, 2.24) is 14.9 Å². The van der Waals surface area contributed by atoms with E-state index < -0.39 is 0 Å². The molecule has 0 amide bonds. The number of fused-ring (bicyclic) bond motifs is 1. The summed E-state index contributed by atoms with van der Waals surface area (Å²) in [5, 5.41) is 3.34. The van der Waals surface area contributed by atoms with Gasteiger partial charge in [0.1, 0.15) is 0 Å². The largest absolute Gasteiger partial charge is 0.326 e. The van der Waals surface area contributed by atoms with Gasteiger partial charge in [-0.05, 0) is 44.0 Å². The molecule has 2 N–H and O–H groups in total. The number of nitrogens with zero attached hydrogens (tertiary/aromatic N) is 1. The first-order valence-corrected chi connectivity index (χ1v) is 6.14. The third-order valence-electron chi connectivity index (χ3n) is 3.60. The van der Waals surface area contributed by atoms with Gasteiger partial charge in [0.25, 0.3) is 0 Å². The molecule has 0 aliphatic carbocycles. The van der Waals surface area contributed by atoms with Gasteiger partial charge < -0.3 is 10.3 Å². The lowest BCUT2D eigenvalue weighted by Gasteiger charge is -2.10. The number of imidazole rings is 1. The third-order valence-corrected chi connectivity index (χ3v) is 3.60. The predicted molar refractivity (Wildman–Crippen MR) is 68.3 cm³/mol. The van der Waals surface area contributed by atoms with Crippen LogP contribution in [-0.4, -0.2) is 22.6 Å². The van der Waals surface area contributed by atoms with E-state index in [9.17, 15) is 4.79 Å². The van der Waals surface area contributed by atoms with Gasteiger partial charge in [0.2, 0.25) is 0 Å². The number of H-pyrrole nitrogens is 1. The Balaban J connectivity index is 2.08. The predicted octanol–water partition coefficient (Wildman–Crippen LogP) is 1.25. The van der Waals surface area contributed by atoms with Gasteiger partial charge in [0, 0.05) is 6.54 Å². The molecule has 1 aromatic carbocycles. The number of aryl methyl sites for hydroxylation is 1. The molecule has 0 saturated carbocycles. The zero-order chi connectivity index (χ0) is 11.8.